The highest BCUT2D eigenvalue weighted by molar-refractivity contribution is 7.80. The normalized spacial score (nSPS) is 17.4. The van der Waals surface area contributed by atoms with E-state index in [2.05, 4.69) is 12.2 Å². The molecule has 0 bridgehead atoms. The Bertz CT molecular complexity index is 98.6. The first-order valence-electron chi connectivity index (χ1n) is 2.46. The first-order chi connectivity index (χ1) is 3.50. The lowest BCUT2D eigenvalue weighted by Crippen LogP contribution is -2.32. The predicted molar refractivity (Wildman–Crippen MR) is 36.1 cm³/mol. The van der Waals surface area contributed by atoms with Crippen LogP contribution >= 0.6 is 12.2 Å². The highest BCUT2D eigenvalue weighted by Crippen LogP contribution is 2.08. The van der Waals surface area contributed by atoms with E-state index in [1.807, 2.05) is 0 Å². The molecule has 0 radical (unpaired) electrons. The van der Waals surface area contributed by atoms with Crippen molar-refractivity contribution in [3.8, 4) is 0 Å². The number of thiocarbonyl (C=S) groups is 1. The van der Waals surface area contributed by atoms with Crippen molar-refractivity contribution in [2.45, 2.75) is 25.9 Å². The van der Waals surface area contributed by atoms with Gasteiger partial charge in [0.15, 0.2) is 5.05 Å². The minimum absolute atomic E-state index is 0.333. The third-order valence-electron chi connectivity index (χ3n) is 1.15. The maximum atomic E-state index is 9.01. The second-order valence-corrected chi connectivity index (χ2v) is 2.32. The fraction of sp³-hybridized carbons (Fsp3) is 0.800. The largest absolute Gasteiger partial charge is 0.500 e. The van der Waals surface area contributed by atoms with Crippen LogP contribution < -0.4 is 0 Å². The molecule has 2 N–H and O–H groups in total. The van der Waals surface area contributed by atoms with E-state index in [9.17, 15) is 0 Å². The van der Waals surface area contributed by atoms with Gasteiger partial charge in [-0.2, -0.15) is 0 Å². The number of aliphatic hydroxyl groups excluding tert-OH is 1. The van der Waals surface area contributed by atoms with Crippen LogP contribution in [0.15, 0.2) is 0 Å². The Morgan fingerprint density at radius 1 is 1.75 bits per heavy atom. The summed E-state index contributed by atoms with van der Waals surface area (Å²) >= 11 is 4.34. The average molecular weight is 134 g/mol. The van der Waals surface area contributed by atoms with Gasteiger partial charge >= 0.3 is 0 Å². The van der Waals surface area contributed by atoms with Gasteiger partial charge in [-0.05, 0) is 25.6 Å². The zero-order valence-corrected chi connectivity index (χ0v) is 5.83. The molecule has 0 heterocycles. The Morgan fingerprint density at radius 2 is 2.12 bits per heavy atom. The van der Waals surface area contributed by atoms with Gasteiger partial charge in [-0.15, -0.1) is 0 Å². The Kier molecular flexibility index (Phi) is 2.37. The highest BCUT2D eigenvalue weighted by Gasteiger charge is 2.22. The molecule has 3 heteroatoms. The smallest absolute Gasteiger partial charge is 0.188 e. The van der Waals surface area contributed by atoms with Crippen molar-refractivity contribution >= 4 is 17.3 Å². The third kappa shape index (κ3) is 1.76. The summed E-state index contributed by atoms with van der Waals surface area (Å²) in [4.78, 5) is 0. The molecule has 0 aliphatic heterocycles. The number of hydrogen-bond acceptors (Lipinski definition) is 2. The molecule has 0 amide bonds. The fourth-order valence-corrected chi connectivity index (χ4v) is 0.296. The summed E-state index contributed by atoms with van der Waals surface area (Å²) in [6, 6.07) is 0. The van der Waals surface area contributed by atoms with Crippen LogP contribution in [-0.4, -0.2) is 20.9 Å². The van der Waals surface area contributed by atoms with Gasteiger partial charge in [0.1, 0.15) is 5.60 Å². The van der Waals surface area contributed by atoms with Crippen LogP contribution in [0.25, 0.3) is 0 Å². The van der Waals surface area contributed by atoms with E-state index < -0.39 is 5.60 Å². The average Bonchev–Trinajstić information content (AvgIpc) is 1.67. The lowest BCUT2D eigenvalue weighted by Gasteiger charge is -2.16. The van der Waals surface area contributed by atoms with Gasteiger partial charge in [0, 0.05) is 0 Å². The van der Waals surface area contributed by atoms with Crippen LogP contribution in [0.2, 0.25) is 0 Å². The van der Waals surface area contributed by atoms with Gasteiger partial charge in [-0.1, -0.05) is 6.92 Å². The highest BCUT2D eigenvalue weighted by atomic mass is 32.1. The van der Waals surface area contributed by atoms with E-state index in [0.29, 0.717) is 6.42 Å². The van der Waals surface area contributed by atoms with E-state index in [0.717, 1.165) is 0 Å². The molecule has 0 aromatic rings. The molecule has 2 nitrogen and oxygen atoms in total. The molecule has 0 rings (SSSR count). The molecule has 1 unspecified atom stereocenters. The zero-order chi connectivity index (χ0) is 6.78. The van der Waals surface area contributed by atoms with E-state index in [4.69, 9.17) is 10.2 Å². The SMILES string of the molecule is CCC(C)(O)C(O)=S. The molecule has 8 heavy (non-hydrogen) atoms. The van der Waals surface area contributed by atoms with Gasteiger partial charge in [0.05, 0.1) is 0 Å². The topological polar surface area (TPSA) is 40.5 Å². The molecule has 48 valence electrons. The maximum Gasteiger partial charge on any atom is 0.188 e. The second-order valence-electron chi connectivity index (χ2n) is 1.93. The maximum absolute atomic E-state index is 9.01. The zero-order valence-electron chi connectivity index (χ0n) is 5.01. The fourth-order valence-electron chi connectivity index (χ4n) is 0.151. The van der Waals surface area contributed by atoms with Crippen LogP contribution in [0.4, 0.5) is 0 Å². The predicted octanol–water partition coefficient (Wildman–Crippen LogP) is 1.03. The molecular formula is C5H10O2S. The molecule has 0 aromatic carbocycles. The van der Waals surface area contributed by atoms with Crippen molar-refractivity contribution in [2.75, 3.05) is 0 Å². The lowest BCUT2D eigenvalue weighted by atomic mass is 10.1. The molecule has 0 saturated heterocycles. The molecule has 0 aromatic heterocycles. The van der Waals surface area contributed by atoms with Gasteiger partial charge < -0.3 is 10.2 Å². The minimum atomic E-state index is -1.17. The summed E-state index contributed by atoms with van der Waals surface area (Å²) in [7, 11) is 0. The van der Waals surface area contributed by atoms with Gasteiger partial charge in [0.2, 0.25) is 0 Å². The number of rotatable bonds is 2. The first kappa shape index (κ1) is 7.85. The Labute approximate surface area is 54.1 Å². The van der Waals surface area contributed by atoms with Crippen molar-refractivity contribution in [3.63, 3.8) is 0 Å². The van der Waals surface area contributed by atoms with Crippen LogP contribution in [0.5, 0.6) is 0 Å². The second kappa shape index (κ2) is 2.42. The Balaban J connectivity index is 3.91. The number of aliphatic hydroxyl groups is 2. The molecule has 1 atom stereocenters. The van der Waals surface area contributed by atoms with Crippen molar-refractivity contribution < 1.29 is 10.2 Å². The van der Waals surface area contributed by atoms with E-state index in [1.54, 1.807) is 6.92 Å². The van der Waals surface area contributed by atoms with Crippen molar-refractivity contribution in [1.82, 2.24) is 0 Å². The summed E-state index contributed by atoms with van der Waals surface area (Å²) in [5.74, 6) is 0. The van der Waals surface area contributed by atoms with E-state index in [1.165, 1.54) is 6.92 Å². The van der Waals surface area contributed by atoms with E-state index in [-0.39, 0.29) is 5.05 Å². The summed E-state index contributed by atoms with van der Waals surface area (Å²) in [6.45, 7) is 3.23. The van der Waals surface area contributed by atoms with Crippen LogP contribution in [0.3, 0.4) is 0 Å². The molecule has 0 aliphatic carbocycles. The van der Waals surface area contributed by atoms with Gasteiger partial charge in [0.25, 0.3) is 0 Å². The molecule has 0 fully saturated rings. The summed E-state index contributed by atoms with van der Waals surface area (Å²) in [5, 5.41) is 17.2. The van der Waals surface area contributed by atoms with Crippen molar-refractivity contribution in [1.29, 1.82) is 0 Å². The number of hydrogen-bond donors (Lipinski definition) is 2. The monoisotopic (exact) mass is 134 g/mol. The van der Waals surface area contributed by atoms with Crippen LogP contribution in [-0.2, 0) is 0 Å². The standard InChI is InChI=1S/C5H10O2S/c1-3-5(2,7)4(6)8/h7H,3H2,1-2H3,(H,6,8). The third-order valence-corrected chi connectivity index (χ3v) is 1.59. The molecule has 0 aliphatic rings. The quantitative estimate of drug-likeness (QED) is 0.554. The minimum Gasteiger partial charge on any atom is -0.500 e. The summed E-state index contributed by atoms with van der Waals surface area (Å²) < 4.78 is 0. The lowest BCUT2D eigenvalue weighted by molar-refractivity contribution is 0.112. The van der Waals surface area contributed by atoms with Crippen molar-refractivity contribution in [2.24, 2.45) is 0 Å². The first-order valence-corrected chi connectivity index (χ1v) is 2.87. The van der Waals surface area contributed by atoms with E-state index >= 15 is 0 Å². The molecular weight excluding hydrogens is 124 g/mol. The summed E-state index contributed by atoms with van der Waals surface area (Å²) in [5.41, 5.74) is -1.17. The van der Waals surface area contributed by atoms with Crippen molar-refractivity contribution in [3.05, 3.63) is 0 Å². The molecule has 0 spiro atoms. The summed E-state index contributed by atoms with van der Waals surface area (Å²) in [6.07, 6.45) is 0.447. The Morgan fingerprint density at radius 3 is 2.12 bits per heavy atom. The molecule has 0 saturated carbocycles. The van der Waals surface area contributed by atoms with Gasteiger partial charge in [-0.3, -0.25) is 0 Å². The Hall–Kier alpha value is -0.150. The van der Waals surface area contributed by atoms with Crippen LogP contribution in [0, 0.1) is 0 Å². The van der Waals surface area contributed by atoms with Gasteiger partial charge in [-0.25, -0.2) is 0 Å². The van der Waals surface area contributed by atoms with Crippen LogP contribution in [0.1, 0.15) is 20.3 Å².